The van der Waals surface area contributed by atoms with Crippen molar-refractivity contribution < 1.29 is 0 Å². The van der Waals surface area contributed by atoms with Gasteiger partial charge in [0.2, 0.25) is 5.96 Å². The highest BCUT2D eigenvalue weighted by molar-refractivity contribution is 5.92. The van der Waals surface area contributed by atoms with Gasteiger partial charge in [0.25, 0.3) is 0 Å². The van der Waals surface area contributed by atoms with Crippen molar-refractivity contribution in [3.05, 3.63) is 0 Å². The Balaban J connectivity index is 2.32. The zero-order valence-electron chi connectivity index (χ0n) is 8.98. The molecule has 0 radical (unpaired) electrons. The summed E-state index contributed by atoms with van der Waals surface area (Å²) in [6.07, 6.45) is 2.07. The molecule has 1 unspecified atom stereocenters. The molecule has 0 aromatic heterocycles. The van der Waals surface area contributed by atoms with Crippen molar-refractivity contribution in [3.8, 4) is 0 Å². The maximum atomic E-state index is 5.47. The third-order valence-electron chi connectivity index (χ3n) is 2.42. The van der Waals surface area contributed by atoms with Crippen LogP contribution in [0.1, 0.15) is 19.8 Å². The molecule has 15 heavy (non-hydrogen) atoms. The van der Waals surface area contributed by atoms with Crippen LogP contribution in [0, 0.1) is 5.92 Å². The van der Waals surface area contributed by atoms with Gasteiger partial charge in [0.05, 0.1) is 0 Å². The standard InChI is InChI=1S/C9H18N6/c1-6-7(2-4-13-6)3-5-14-9(12)15-8(10)11/h7H,2-5H2,1H3,(H6,10,11,12,14,15). The fourth-order valence-corrected chi connectivity index (χ4v) is 1.59. The molecule has 6 nitrogen and oxygen atoms in total. The first-order valence-electron chi connectivity index (χ1n) is 5.00. The van der Waals surface area contributed by atoms with Gasteiger partial charge in [0.15, 0.2) is 5.96 Å². The van der Waals surface area contributed by atoms with E-state index in [9.17, 15) is 0 Å². The van der Waals surface area contributed by atoms with Crippen LogP contribution in [0.5, 0.6) is 0 Å². The lowest BCUT2D eigenvalue weighted by molar-refractivity contribution is 0.625. The van der Waals surface area contributed by atoms with Crippen LogP contribution < -0.4 is 17.2 Å². The van der Waals surface area contributed by atoms with E-state index >= 15 is 0 Å². The highest BCUT2D eigenvalue weighted by Gasteiger charge is 2.16. The summed E-state index contributed by atoms with van der Waals surface area (Å²) in [6.45, 7) is 3.63. The molecule has 0 spiro atoms. The normalized spacial score (nSPS) is 21.3. The molecule has 0 fully saturated rings. The highest BCUT2D eigenvalue weighted by Crippen LogP contribution is 2.17. The average Bonchev–Trinajstić information content (AvgIpc) is 2.50. The lowest BCUT2D eigenvalue weighted by atomic mass is 10.00. The van der Waals surface area contributed by atoms with E-state index in [0.717, 1.165) is 19.4 Å². The average molecular weight is 210 g/mol. The molecule has 6 heteroatoms. The van der Waals surface area contributed by atoms with Crippen LogP contribution >= 0.6 is 0 Å². The first kappa shape index (κ1) is 11.5. The molecule has 1 heterocycles. The van der Waals surface area contributed by atoms with Crippen molar-refractivity contribution in [2.45, 2.75) is 19.8 Å². The third-order valence-corrected chi connectivity index (χ3v) is 2.42. The minimum atomic E-state index is -0.0603. The molecule has 0 aliphatic carbocycles. The van der Waals surface area contributed by atoms with Gasteiger partial charge in [-0.2, -0.15) is 4.99 Å². The third kappa shape index (κ3) is 3.97. The second-order valence-electron chi connectivity index (χ2n) is 3.57. The Morgan fingerprint density at radius 3 is 2.73 bits per heavy atom. The number of nitrogens with two attached hydrogens (primary N) is 3. The van der Waals surface area contributed by atoms with Gasteiger partial charge in [-0.25, -0.2) is 0 Å². The number of aliphatic imine (C=N–C) groups is 3. The number of guanidine groups is 2. The highest BCUT2D eigenvalue weighted by atomic mass is 15.1. The molecular weight excluding hydrogens is 192 g/mol. The van der Waals surface area contributed by atoms with E-state index in [0.29, 0.717) is 12.5 Å². The smallest absolute Gasteiger partial charge is 0.218 e. The van der Waals surface area contributed by atoms with Crippen molar-refractivity contribution in [2.24, 2.45) is 38.1 Å². The molecule has 0 saturated heterocycles. The Kier molecular flexibility index (Phi) is 4.08. The monoisotopic (exact) mass is 210 g/mol. The summed E-state index contributed by atoms with van der Waals surface area (Å²) in [7, 11) is 0. The van der Waals surface area contributed by atoms with Crippen LogP contribution in [0.15, 0.2) is 15.0 Å². The fourth-order valence-electron chi connectivity index (χ4n) is 1.59. The molecule has 1 aliphatic rings. The van der Waals surface area contributed by atoms with Gasteiger partial charge in [-0.3, -0.25) is 9.98 Å². The number of hydrogen-bond acceptors (Lipinski definition) is 2. The first-order valence-corrected chi connectivity index (χ1v) is 5.00. The van der Waals surface area contributed by atoms with Crippen LogP contribution in [-0.2, 0) is 0 Å². The summed E-state index contributed by atoms with van der Waals surface area (Å²) >= 11 is 0. The molecule has 1 atom stereocenters. The summed E-state index contributed by atoms with van der Waals surface area (Å²) in [5, 5.41) is 0. The largest absolute Gasteiger partial charge is 0.370 e. The summed E-state index contributed by atoms with van der Waals surface area (Å²) in [5.74, 6) is 0.623. The number of nitrogens with zero attached hydrogens (tertiary/aromatic N) is 3. The van der Waals surface area contributed by atoms with Gasteiger partial charge in [0.1, 0.15) is 0 Å². The van der Waals surface area contributed by atoms with Crippen molar-refractivity contribution >= 4 is 17.6 Å². The van der Waals surface area contributed by atoms with E-state index in [-0.39, 0.29) is 11.9 Å². The van der Waals surface area contributed by atoms with Crippen molar-refractivity contribution in [3.63, 3.8) is 0 Å². The van der Waals surface area contributed by atoms with Gasteiger partial charge in [0, 0.05) is 24.7 Å². The molecule has 0 saturated carbocycles. The van der Waals surface area contributed by atoms with Gasteiger partial charge in [-0.1, -0.05) is 0 Å². The lowest BCUT2D eigenvalue weighted by Crippen LogP contribution is -2.26. The van der Waals surface area contributed by atoms with Gasteiger partial charge >= 0.3 is 0 Å². The summed E-state index contributed by atoms with van der Waals surface area (Å²) < 4.78 is 0. The summed E-state index contributed by atoms with van der Waals surface area (Å²) in [4.78, 5) is 12.0. The maximum Gasteiger partial charge on any atom is 0.218 e. The van der Waals surface area contributed by atoms with Gasteiger partial charge in [-0.15, -0.1) is 0 Å². The van der Waals surface area contributed by atoms with E-state index in [1.165, 1.54) is 5.71 Å². The molecular formula is C9H18N6. The zero-order valence-corrected chi connectivity index (χ0v) is 8.98. The fraction of sp³-hybridized carbons (Fsp3) is 0.667. The van der Waals surface area contributed by atoms with Crippen LogP contribution in [-0.4, -0.2) is 30.7 Å². The Morgan fingerprint density at radius 2 is 2.20 bits per heavy atom. The Morgan fingerprint density at radius 1 is 1.47 bits per heavy atom. The van der Waals surface area contributed by atoms with Crippen LogP contribution in [0.4, 0.5) is 0 Å². The van der Waals surface area contributed by atoms with Crippen molar-refractivity contribution in [2.75, 3.05) is 13.1 Å². The first-order chi connectivity index (χ1) is 7.09. The van der Waals surface area contributed by atoms with E-state index < -0.39 is 0 Å². The molecule has 6 N–H and O–H groups in total. The predicted molar refractivity (Wildman–Crippen MR) is 63.0 cm³/mol. The van der Waals surface area contributed by atoms with Gasteiger partial charge < -0.3 is 17.2 Å². The predicted octanol–water partition coefficient (Wildman–Crippen LogP) is -0.555. The van der Waals surface area contributed by atoms with E-state index in [4.69, 9.17) is 17.2 Å². The Hall–Kier alpha value is -1.59. The molecule has 0 aromatic carbocycles. The van der Waals surface area contributed by atoms with Gasteiger partial charge in [-0.05, 0) is 19.8 Å². The van der Waals surface area contributed by atoms with E-state index in [1.54, 1.807) is 0 Å². The minimum Gasteiger partial charge on any atom is -0.370 e. The summed E-state index contributed by atoms with van der Waals surface area (Å²) in [6, 6.07) is 0. The van der Waals surface area contributed by atoms with Crippen molar-refractivity contribution in [1.82, 2.24) is 0 Å². The second kappa shape index (κ2) is 5.33. The Bertz CT molecular complexity index is 300. The quantitative estimate of drug-likeness (QED) is 0.428. The summed E-state index contributed by atoms with van der Waals surface area (Å²) in [5.41, 5.74) is 17.0. The molecule has 0 bridgehead atoms. The molecule has 1 aliphatic heterocycles. The van der Waals surface area contributed by atoms with Crippen LogP contribution in [0.2, 0.25) is 0 Å². The molecule has 84 valence electrons. The lowest BCUT2D eigenvalue weighted by Gasteiger charge is -2.06. The zero-order chi connectivity index (χ0) is 11.3. The molecule has 0 aromatic rings. The molecule has 1 rings (SSSR count). The minimum absolute atomic E-state index is 0.0603. The van der Waals surface area contributed by atoms with Crippen LogP contribution in [0.3, 0.4) is 0 Å². The maximum absolute atomic E-state index is 5.47. The second-order valence-corrected chi connectivity index (χ2v) is 3.57. The topological polar surface area (TPSA) is 115 Å². The number of rotatable bonds is 3. The van der Waals surface area contributed by atoms with E-state index in [2.05, 4.69) is 21.9 Å². The van der Waals surface area contributed by atoms with E-state index in [1.807, 2.05) is 0 Å². The number of hydrogen-bond donors (Lipinski definition) is 3. The molecule has 0 amide bonds. The van der Waals surface area contributed by atoms with Crippen molar-refractivity contribution in [1.29, 1.82) is 0 Å². The van der Waals surface area contributed by atoms with Crippen LogP contribution in [0.25, 0.3) is 0 Å². The Labute approximate surface area is 89.4 Å². The SMILES string of the molecule is CC1=NCCC1CCN=C(N)N=C(N)N.